The molecule has 8 rings (SSSR count). The molecule has 1 atom stereocenters. The Morgan fingerprint density at radius 3 is 2.38 bits per heavy atom. The van der Waals surface area contributed by atoms with Gasteiger partial charge in [-0.1, -0.05) is 29.8 Å². The molecule has 3 aromatic heterocycles. The summed E-state index contributed by atoms with van der Waals surface area (Å²) in [4.78, 5) is 54.6. The van der Waals surface area contributed by atoms with Crippen LogP contribution >= 0.6 is 11.6 Å². The average molecular weight is 699 g/mol. The summed E-state index contributed by atoms with van der Waals surface area (Å²) in [6.07, 6.45) is 7.67. The first kappa shape index (κ1) is 32.8. The first-order chi connectivity index (χ1) is 24.3. The molecule has 50 heavy (non-hydrogen) atoms. The van der Waals surface area contributed by atoms with Crippen LogP contribution in [0.25, 0.3) is 32.8 Å². The minimum Gasteiger partial charge on any atom is -0.436 e. The number of hydrogen-bond acceptors (Lipinski definition) is 7. The number of imidazole rings is 1. The van der Waals surface area contributed by atoms with E-state index in [2.05, 4.69) is 32.1 Å². The zero-order valence-corrected chi connectivity index (χ0v) is 29.1. The van der Waals surface area contributed by atoms with Crippen molar-refractivity contribution < 1.29 is 14.3 Å². The number of para-hydroxylation sites is 1. The Balaban J connectivity index is 0.961. The summed E-state index contributed by atoms with van der Waals surface area (Å²) >= 11 is 6.56. The molecule has 0 saturated carbocycles. The zero-order chi connectivity index (χ0) is 34.4. The molecule has 6 heterocycles. The highest BCUT2D eigenvalue weighted by atomic mass is 35.5. The SMILES string of the molecule is CN1CCC(C2CCN(C(=O)[C@@H](Cc3cc(Cl)c4[nH]ncc4c3)OC(=O)N3CCC(n4c(=O)[nH]c5c6ccccc6ncc54)CC3)CC2)CC1. The number of carbonyl (C=O) groups excluding carboxylic acids is 2. The minimum absolute atomic E-state index is 0.102. The number of ether oxygens (including phenoxy) is 1. The molecule has 3 saturated heterocycles. The second-order valence-electron chi connectivity index (χ2n) is 14.3. The van der Waals surface area contributed by atoms with Crippen LogP contribution in [0.3, 0.4) is 0 Å². The third kappa shape index (κ3) is 6.35. The standard InChI is InChI=1S/C37H43ClN8O4/c1-43-12-6-24(7-13-43)25-8-14-44(15-9-25)35(47)32(20-23-18-26-21-40-42-33(26)29(38)19-23)50-37(49)45-16-10-27(11-17-45)46-31-22-39-30-5-3-2-4-28(30)34(31)41-36(46)48/h2-5,18-19,21-22,24-25,27,32H,6-17,20H2,1H3,(H,40,42)(H,41,48)/t32-/m1/s1. The number of aromatic nitrogens is 5. The van der Waals surface area contributed by atoms with Gasteiger partial charge in [-0.15, -0.1) is 0 Å². The molecule has 0 aliphatic carbocycles. The number of piperidine rings is 3. The third-order valence-electron chi connectivity index (χ3n) is 11.3. The van der Waals surface area contributed by atoms with Crippen LogP contribution in [0.5, 0.6) is 0 Å². The molecule has 2 aromatic carbocycles. The molecular formula is C37H43ClN8O4. The van der Waals surface area contributed by atoms with Gasteiger partial charge in [0.2, 0.25) is 0 Å². The van der Waals surface area contributed by atoms with Crippen molar-refractivity contribution in [2.24, 2.45) is 11.8 Å². The molecule has 2 N–H and O–H groups in total. The molecule has 5 aromatic rings. The maximum Gasteiger partial charge on any atom is 0.410 e. The summed E-state index contributed by atoms with van der Waals surface area (Å²) in [7, 11) is 2.18. The van der Waals surface area contributed by atoms with Gasteiger partial charge in [0, 0.05) is 49.4 Å². The van der Waals surface area contributed by atoms with Crippen molar-refractivity contribution in [3.63, 3.8) is 0 Å². The molecule has 0 spiro atoms. The first-order valence-electron chi connectivity index (χ1n) is 17.8. The predicted molar refractivity (Wildman–Crippen MR) is 192 cm³/mol. The van der Waals surface area contributed by atoms with E-state index in [4.69, 9.17) is 16.3 Å². The predicted octanol–water partition coefficient (Wildman–Crippen LogP) is 5.37. The van der Waals surface area contributed by atoms with Crippen LogP contribution in [0.4, 0.5) is 4.79 Å². The van der Waals surface area contributed by atoms with E-state index < -0.39 is 12.2 Å². The lowest BCUT2D eigenvalue weighted by atomic mass is 9.79. The van der Waals surface area contributed by atoms with Gasteiger partial charge in [0.15, 0.2) is 6.10 Å². The number of benzene rings is 2. The molecule has 0 bridgehead atoms. The number of H-pyrrole nitrogens is 2. The van der Waals surface area contributed by atoms with Crippen LogP contribution in [-0.4, -0.2) is 104 Å². The normalized spacial score (nSPS) is 19.5. The summed E-state index contributed by atoms with van der Waals surface area (Å²) in [6.45, 7) is 4.41. The number of halogens is 1. The van der Waals surface area contributed by atoms with Crippen LogP contribution in [0.1, 0.15) is 50.1 Å². The van der Waals surface area contributed by atoms with Gasteiger partial charge in [-0.25, -0.2) is 9.59 Å². The number of aromatic amines is 2. The highest BCUT2D eigenvalue weighted by Gasteiger charge is 2.36. The number of carbonyl (C=O) groups is 2. The Hall–Kier alpha value is -4.42. The van der Waals surface area contributed by atoms with Gasteiger partial charge in [0.25, 0.3) is 5.91 Å². The Morgan fingerprint density at radius 1 is 0.920 bits per heavy atom. The van der Waals surface area contributed by atoms with E-state index in [1.807, 2.05) is 41.3 Å². The van der Waals surface area contributed by atoms with Crippen molar-refractivity contribution in [1.29, 1.82) is 0 Å². The van der Waals surface area contributed by atoms with Crippen LogP contribution < -0.4 is 5.69 Å². The number of fused-ring (bicyclic) bond motifs is 4. The van der Waals surface area contributed by atoms with Gasteiger partial charge in [-0.2, -0.15) is 5.10 Å². The van der Waals surface area contributed by atoms with Gasteiger partial charge in [0.1, 0.15) is 0 Å². The van der Waals surface area contributed by atoms with Gasteiger partial charge in [0.05, 0.1) is 39.5 Å². The van der Waals surface area contributed by atoms with Gasteiger partial charge < -0.3 is 24.4 Å². The highest BCUT2D eigenvalue weighted by molar-refractivity contribution is 6.35. The number of nitrogens with zero attached hydrogens (tertiary/aromatic N) is 6. The van der Waals surface area contributed by atoms with Gasteiger partial charge in [-0.05, 0) is 94.3 Å². The number of likely N-dealkylation sites (tertiary alicyclic amines) is 3. The summed E-state index contributed by atoms with van der Waals surface area (Å²) in [5.41, 5.74) is 3.70. The molecule has 262 valence electrons. The molecule has 3 aliphatic rings. The fourth-order valence-electron chi connectivity index (χ4n) is 8.47. The van der Waals surface area contributed by atoms with E-state index in [0.717, 1.165) is 64.3 Å². The molecule has 13 heteroatoms. The number of nitrogens with one attached hydrogen (secondary N) is 2. The van der Waals surface area contributed by atoms with E-state index in [-0.39, 0.29) is 24.1 Å². The molecule has 12 nitrogen and oxygen atoms in total. The van der Waals surface area contributed by atoms with Crippen molar-refractivity contribution in [2.75, 3.05) is 46.3 Å². The van der Waals surface area contributed by atoms with E-state index in [0.29, 0.717) is 55.9 Å². The Morgan fingerprint density at radius 2 is 1.62 bits per heavy atom. The molecular weight excluding hydrogens is 656 g/mol. The lowest BCUT2D eigenvalue weighted by Crippen LogP contribution is -2.49. The zero-order valence-electron chi connectivity index (χ0n) is 28.3. The molecule has 0 unspecified atom stereocenters. The van der Waals surface area contributed by atoms with Crippen molar-refractivity contribution in [3.05, 3.63) is 69.9 Å². The maximum absolute atomic E-state index is 14.1. The van der Waals surface area contributed by atoms with Gasteiger partial charge in [-0.3, -0.25) is 19.4 Å². The van der Waals surface area contributed by atoms with Crippen molar-refractivity contribution >= 4 is 56.4 Å². The second-order valence-corrected chi connectivity index (χ2v) is 14.8. The average Bonchev–Trinajstić information content (AvgIpc) is 3.76. The maximum atomic E-state index is 14.1. The second kappa shape index (κ2) is 13.7. The summed E-state index contributed by atoms with van der Waals surface area (Å²) in [5, 5.41) is 9.25. The minimum atomic E-state index is -0.990. The third-order valence-corrected chi connectivity index (χ3v) is 11.6. The van der Waals surface area contributed by atoms with Crippen molar-refractivity contribution in [1.82, 2.24) is 39.4 Å². The molecule has 3 aliphatic heterocycles. The van der Waals surface area contributed by atoms with Crippen LogP contribution in [0.15, 0.2) is 53.6 Å². The van der Waals surface area contributed by atoms with Crippen LogP contribution in [0, 0.1) is 11.8 Å². The molecule has 0 radical (unpaired) electrons. The quantitative estimate of drug-likeness (QED) is 0.244. The van der Waals surface area contributed by atoms with E-state index >= 15 is 0 Å². The first-order valence-corrected chi connectivity index (χ1v) is 18.2. The number of hydrogen-bond donors (Lipinski definition) is 2. The smallest absolute Gasteiger partial charge is 0.410 e. The molecule has 3 fully saturated rings. The Bertz CT molecular complexity index is 2080. The molecule has 2 amide bonds. The monoisotopic (exact) mass is 698 g/mol. The Kier molecular flexibility index (Phi) is 8.99. The van der Waals surface area contributed by atoms with Gasteiger partial charge >= 0.3 is 11.8 Å². The largest absolute Gasteiger partial charge is 0.436 e. The lowest BCUT2D eigenvalue weighted by molar-refractivity contribution is -0.142. The topological polar surface area (TPSA) is 132 Å². The van der Waals surface area contributed by atoms with E-state index in [9.17, 15) is 14.4 Å². The fourth-order valence-corrected chi connectivity index (χ4v) is 8.76. The van der Waals surface area contributed by atoms with Crippen LogP contribution in [-0.2, 0) is 16.0 Å². The summed E-state index contributed by atoms with van der Waals surface area (Å²) < 4.78 is 7.88. The van der Waals surface area contributed by atoms with Crippen LogP contribution in [0.2, 0.25) is 5.02 Å². The van der Waals surface area contributed by atoms with E-state index in [1.54, 1.807) is 21.9 Å². The van der Waals surface area contributed by atoms with Crippen molar-refractivity contribution in [2.45, 2.75) is 57.1 Å². The fraction of sp³-hybridized carbons (Fsp3) is 0.486. The number of amides is 2. The lowest BCUT2D eigenvalue weighted by Gasteiger charge is -2.40. The Labute approximate surface area is 294 Å². The summed E-state index contributed by atoms with van der Waals surface area (Å²) in [5.74, 6) is 1.17. The van der Waals surface area contributed by atoms with Crippen molar-refractivity contribution in [3.8, 4) is 0 Å². The highest BCUT2D eigenvalue weighted by Crippen LogP contribution is 2.33. The number of rotatable bonds is 6. The summed E-state index contributed by atoms with van der Waals surface area (Å²) in [6, 6.07) is 11.4. The van der Waals surface area contributed by atoms with E-state index in [1.165, 1.54) is 12.8 Å². The number of pyridine rings is 1.